The zero-order valence-electron chi connectivity index (χ0n) is 15.8. The molecule has 0 aromatic heterocycles. The van der Waals surface area contributed by atoms with Crippen LogP contribution in [-0.2, 0) is 22.6 Å². The Bertz CT molecular complexity index is 822. The summed E-state index contributed by atoms with van der Waals surface area (Å²) in [5.41, 5.74) is 3.27. The summed E-state index contributed by atoms with van der Waals surface area (Å²) < 4.78 is 5.14. The van der Waals surface area contributed by atoms with Crippen molar-refractivity contribution in [2.45, 2.75) is 13.0 Å². The maximum Gasteiger partial charge on any atom is 0.243 e. The number of ether oxygens (including phenoxy) is 1. The SMILES string of the molecule is COc1cccc(NC(=O)CN(C)C(=O)CN2CCc3ccccc3C2)c1. The molecule has 6 heteroatoms. The fourth-order valence-corrected chi connectivity index (χ4v) is 3.21. The third-order valence-electron chi connectivity index (χ3n) is 4.73. The minimum Gasteiger partial charge on any atom is -0.497 e. The minimum absolute atomic E-state index is 0.0144. The molecule has 0 saturated heterocycles. The molecule has 0 fully saturated rings. The topological polar surface area (TPSA) is 61.9 Å². The van der Waals surface area contributed by atoms with E-state index in [1.54, 1.807) is 32.4 Å². The number of carbonyl (C=O) groups excluding carboxylic acids is 2. The number of anilines is 1. The van der Waals surface area contributed by atoms with Gasteiger partial charge in [-0.05, 0) is 29.7 Å². The fourth-order valence-electron chi connectivity index (χ4n) is 3.21. The van der Waals surface area contributed by atoms with Crippen molar-refractivity contribution in [3.63, 3.8) is 0 Å². The van der Waals surface area contributed by atoms with Gasteiger partial charge in [-0.15, -0.1) is 0 Å². The van der Waals surface area contributed by atoms with Crippen molar-refractivity contribution in [2.24, 2.45) is 0 Å². The molecule has 2 aromatic carbocycles. The van der Waals surface area contributed by atoms with Crippen LogP contribution in [0.15, 0.2) is 48.5 Å². The van der Waals surface area contributed by atoms with Gasteiger partial charge in [-0.2, -0.15) is 0 Å². The number of carbonyl (C=O) groups is 2. The summed E-state index contributed by atoms with van der Waals surface area (Å²) in [6.45, 7) is 1.95. The Balaban J connectivity index is 1.49. The van der Waals surface area contributed by atoms with Crippen LogP contribution >= 0.6 is 0 Å². The molecular weight excluding hydrogens is 342 g/mol. The number of fused-ring (bicyclic) bond motifs is 1. The van der Waals surface area contributed by atoms with Crippen LogP contribution in [0.5, 0.6) is 5.75 Å². The molecule has 1 N–H and O–H groups in total. The molecule has 142 valence electrons. The maximum atomic E-state index is 12.5. The van der Waals surface area contributed by atoms with Crippen LogP contribution in [0.25, 0.3) is 0 Å². The number of methoxy groups -OCH3 is 1. The first-order chi connectivity index (χ1) is 13.0. The number of likely N-dealkylation sites (N-methyl/N-ethyl adjacent to an activating group) is 1. The van der Waals surface area contributed by atoms with E-state index in [2.05, 4.69) is 22.3 Å². The highest BCUT2D eigenvalue weighted by atomic mass is 16.5. The monoisotopic (exact) mass is 367 g/mol. The van der Waals surface area contributed by atoms with E-state index < -0.39 is 0 Å². The molecule has 2 amide bonds. The molecule has 0 spiro atoms. The van der Waals surface area contributed by atoms with Gasteiger partial charge in [0.2, 0.25) is 11.8 Å². The fraction of sp³-hybridized carbons (Fsp3) is 0.333. The Morgan fingerprint density at radius 1 is 1.15 bits per heavy atom. The third-order valence-corrected chi connectivity index (χ3v) is 4.73. The van der Waals surface area contributed by atoms with Gasteiger partial charge in [0.05, 0.1) is 20.2 Å². The molecule has 6 nitrogen and oxygen atoms in total. The summed E-state index contributed by atoms with van der Waals surface area (Å²) in [5.74, 6) is 0.376. The van der Waals surface area contributed by atoms with Gasteiger partial charge in [-0.1, -0.05) is 30.3 Å². The zero-order valence-corrected chi connectivity index (χ0v) is 15.8. The standard InChI is InChI=1S/C21H25N3O3/c1-23(14-20(25)22-18-8-5-9-19(12-18)27-2)21(26)15-24-11-10-16-6-3-4-7-17(16)13-24/h3-9,12H,10-11,13-15H2,1-2H3,(H,22,25). The average molecular weight is 367 g/mol. The summed E-state index contributed by atoms with van der Waals surface area (Å²) >= 11 is 0. The average Bonchev–Trinajstić information content (AvgIpc) is 2.67. The van der Waals surface area contributed by atoms with Crippen LogP contribution in [0.3, 0.4) is 0 Å². The highest BCUT2D eigenvalue weighted by Crippen LogP contribution is 2.18. The number of hydrogen-bond acceptors (Lipinski definition) is 4. The second-order valence-electron chi connectivity index (χ2n) is 6.76. The van der Waals surface area contributed by atoms with Gasteiger partial charge >= 0.3 is 0 Å². The number of nitrogens with one attached hydrogen (secondary N) is 1. The van der Waals surface area contributed by atoms with E-state index >= 15 is 0 Å². The van der Waals surface area contributed by atoms with Gasteiger partial charge in [0.1, 0.15) is 5.75 Å². The van der Waals surface area contributed by atoms with Crippen LogP contribution in [0.4, 0.5) is 5.69 Å². The smallest absolute Gasteiger partial charge is 0.243 e. The van der Waals surface area contributed by atoms with Gasteiger partial charge < -0.3 is 15.0 Å². The van der Waals surface area contributed by atoms with E-state index in [4.69, 9.17) is 4.74 Å². The number of rotatable bonds is 6. The van der Waals surface area contributed by atoms with Crippen molar-refractivity contribution in [1.29, 1.82) is 0 Å². The van der Waals surface area contributed by atoms with E-state index in [1.165, 1.54) is 16.0 Å². The Hall–Kier alpha value is -2.86. The van der Waals surface area contributed by atoms with Gasteiger partial charge in [0, 0.05) is 31.9 Å². The molecule has 1 heterocycles. The molecule has 0 saturated carbocycles. The molecule has 0 atom stereocenters. The van der Waals surface area contributed by atoms with Crippen molar-refractivity contribution >= 4 is 17.5 Å². The number of nitrogens with zero attached hydrogens (tertiary/aromatic N) is 2. The van der Waals surface area contributed by atoms with Crippen LogP contribution in [0.2, 0.25) is 0 Å². The van der Waals surface area contributed by atoms with Gasteiger partial charge in [0.25, 0.3) is 0 Å². The number of hydrogen-bond donors (Lipinski definition) is 1. The van der Waals surface area contributed by atoms with Crippen molar-refractivity contribution in [3.8, 4) is 5.75 Å². The third kappa shape index (κ3) is 5.08. The Labute approximate surface area is 159 Å². The van der Waals surface area contributed by atoms with Crippen molar-refractivity contribution in [2.75, 3.05) is 39.1 Å². The molecule has 0 aliphatic carbocycles. The minimum atomic E-state index is -0.233. The molecule has 3 rings (SSSR count). The second-order valence-corrected chi connectivity index (χ2v) is 6.76. The largest absolute Gasteiger partial charge is 0.497 e. The molecule has 1 aliphatic rings. The van der Waals surface area contributed by atoms with E-state index in [1.807, 2.05) is 18.2 Å². The first-order valence-corrected chi connectivity index (χ1v) is 9.02. The number of benzene rings is 2. The molecule has 27 heavy (non-hydrogen) atoms. The molecule has 0 radical (unpaired) electrons. The lowest BCUT2D eigenvalue weighted by Crippen LogP contribution is -2.43. The first-order valence-electron chi connectivity index (χ1n) is 9.02. The lowest BCUT2D eigenvalue weighted by atomic mass is 10.00. The molecular formula is C21H25N3O3. The first kappa shape index (κ1) is 18.9. The van der Waals surface area contributed by atoms with E-state index in [-0.39, 0.29) is 18.4 Å². The van der Waals surface area contributed by atoms with Crippen molar-refractivity contribution in [1.82, 2.24) is 9.80 Å². The van der Waals surface area contributed by atoms with Crippen molar-refractivity contribution in [3.05, 3.63) is 59.7 Å². The summed E-state index contributed by atoms with van der Waals surface area (Å²) in [6, 6.07) is 15.5. The molecule has 0 bridgehead atoms. The van der Waals surface area contributed by atoms with Gasteiger partial charge in [0.15, 0.2) is 0 Å². The van der Waals surface area contributed by atoms with Crippen LogP contribution in [-0.4, -0.2) is 55.4 Å². The predicted octanol–water partition coefficient (Wildman–Crippen LogP) is 2.15. The lowest BCUT2D eigenvalue weighted by molar-refractivity contribution is -0.134. The maximum absolute atomic E-state index is 12.5. The summed E-state index contributed by atoms with van der Waals surface area (Å²) in [5, 5.41) is 2.79. The highest BCUT2D eigenvalue weighted by Gasteiger charge is 2.20. The summed E-state index contributed by atoms with van der Waals surface area (Å²) in [4.78, 5) is 28.3. The van der Waals surface area contributed by atoms with Crippen LogP contribution < -0.4 is 10.1 Å². The Morgan fingerprint density at radius 2 is 1.93 bits per heavy atom. The van der Waals surface area contributed by atoms with E-state index in [0.717, 1.165) is 19.5 Å². The summed E-state index contributed by atoms with van der Waals surface area (Å²) in [6.07, 6.45) is 0.948. The predicted molar refractivity (Wildman–Crippen MR) is 105 cm³/mol. The molecule has 0 unspecified atom stereocenters. The Kier molecular flexibility index (Phi) is 6.08. The molecule has 1 aliphatic heterocycles. The highest BCUT2D eigenvalue weighted by molar-refractivity contribution is 5.94. The second kappa shape index (κ2) is 8.68. The van der Waals surface area contributed by atoms with E-state index in [0.29, 0.717) is 18.0 Å². The van der Waals surface area contributed by atoms with Crippen molar-refractivity contribution < 1.29 is 14.3 Å². The quantitative estimate of drug-likeness (QED) is 0.850. The molecule has 2 aromatic rings. The van der Waals surface area contributed by atoms with Crippen LogP contribution in [0, 0.1) is 0 Å². The van der Waals surface area contributed by atoms with Crippen LogP contribution in [0.1, 0.15) is 11.1 Å². The van der Waals surface area contributed by atoms with Gasteiger partial charge in [-0.3, -0.25) is 14.5 Å². The Morgan fingerprint density at radius 3 is 2.70 bits per heavy atom. The number of amides is 2. The van der Waals surface area contributed by atoms with Gasteiger partial charge in [-0.25, -0.2) is 0 Å². The normalized spacial score (nSPS) is 13.6. The zero-order chi connectivity index (χ0) is 19.2. The van der Waals surface area contributed by atoms with E-state index in [9.17, 15) is 9.59 Å². The lowest BCUT2D eigenvalue weighted by Gasteiger charge is -2.29. The summed E-state index contributed by atoms with van der Waals surface area (Å²) in [7, 11) is 3.23.